The van der Waals surface area contributed by atoms with E-state index in [9.17, 15) is 26.4 Å². The lowest BCUT2D eigenvalue weighted by Gasteiger charge is -2.05. The van der Waals surface area contributed by atoms with Gasteiger partial charge in [-0.05, 0) is 0 Å². The van der Waals surface area contributed by atoms with Crippen LogP contribution >= 0.6 is 0 Å². The molecule has 72 valence electrons. The van der Waals surface area contributed by atoms with Crippen LogP contribution < -0.4 is 0 Å². The van der Waals surface area contributed by atoms with Crippen molar-refractivity contribution in [3.8, 4) is 0 Å². The van der Waals surface area contributed by atoms with Gasteiger partial charge >= 0.3 is 5.51 Å². The van der Waals surface area contributed by atoms with Gasteiger partial charge in [-0.1, -0.05) is 6.92 Å². The van der Waals surface area contributed by atoms with Gasteiger partial charge in [-0.25, -0.2) is 8.42 Å². The minimum Gasteiger partial charge on any atom is -0.299 e. The predicted octanol–water partition coefficient (Wildman–Crippen LogP) is 0.900. The molecule has 0 aromatic heterocycles. The van der Waals surface area contributed by atoms with Gasteiger partial charge in [0.25, 0.3) is 9.84 Å². The topological polar surface area (TPSA) is 51.2 Å². The Morgan fingerprint density at radius 2 is 1.75 bits per heavy atom. The van der Waals surface area contributed by atoms with E-state index in [2.05, 4.69) is 0 Å². The van der Waals surface area contributed by atoms with Crippen LogP contribution in [0.1, 0.15) is 13.3 Å². The average molecular weight is 204 g/mol. The predicted molar refractivity (Wildman–Crippen MR) is 35.1 cm³/mol. The van der Waals surface area contributed by atoms with Crippen molar-refractivity contribution in [2.45, 2.75) is 18.9 Å². The molecule has 0 radical (unpaired) electrons. The molecule has 0 saturated carbocycles. The molecule has 12 heavy (non-hydrogen) atoms. The largest absolute Gasteiger partial charge is 0.497 e. The van der Waals surface area contributed by atoms with Gasteiger partial charge in [-0.3, -0.25) is 4.79 Å². The summed E-state index contributed by atoms with van der Waals surface area (Å²) in [6.45, 7) is 1.30. The Labute approximate surface area is 67.5 Å². The van der Waals surface area contributed by atoms with Crippen molar-refractivity contribution in [2.24, 2.45) is 0 Å². The Morgan fingerprint density at radius 1 is 1.33 bits per heavy atom. The van der Waals surface area contributed by atoms with Crippen molar-refractivity contribution < 1.29 is 26.4 Å². The number of sulfone groups is 1. The lowest BCUT2D eigenvalue weighted by molar-refractivity contribution is -0.116. The second kappa shape index (κ2) is 3.42. The number of halogens is 3. The summed E-state index contributed by atoms with van der Waals surface area (Å²) in [6, 6.07) is 0. The highest BCUT2D eigenvalue weighted by molar-refractivity contribution is 7.92. The Bertz CT molecular complexity index is 264. The molecule has 0 spiro atoms. The van der Waals surface area contributed by atoms with Crippen LogP contribution in [0.25, 0.3) is 0 Å². The first-order valence-corrected chi connectivity index (χ1v) is 4.66. The minimum absolute atomic E-state index is 0.213. The van der Waals surface area contributed by atoms with Crippen LogP contribution in [0.4, 0.5) is 13.2 Å². The summed E-state index contributed by atoms with van der Waals surface area (Å²) < 4.78 is 55.3. The van der Waals surface area contributed by atoms with Crippen molar-refractivity contribution in [1.29, 1.82) is 0 Å². The summed E-state index contributed by atoms with van der Waals surface area (Å²) in [7, 11) is -5.26. The molecular formula is C5H7F3O3S. The first kappa shape index (κ1) is 11.4. The van der Waals surface area contributed by atoms with E-state index in [-0.39, 0.29) is 6.42 Å². The molecular weight excluding hydrogens is 197 g/mol. The normalized spacial score (nSPS) is 13.0. The second-order valence-electron chi connectivity index (χ2n) is 2.10. The average Bonchev–Trinajstić information content (AvgIpc) is 1.84. The standard InChI is InChI=1S/C5H7F3O3S/c1-2-4(9)3-12(10,11)5(6,7)8/h2-3H2,1H3. The molecule has 0 saturated heterocycles. The van der Waals surface area contributed by atoms with Crippen LogP contribution in [-0.2, 0) is 14.6 Å². The summed E-state index contributed by atoms with van der Waals surface area (Å²) in [5, 5.41) is 0. The molecule has 0 aromatic rings. The SMILES string of the molecule is CCC(=O)CS(=O)(=O)C(F)(F)F. The minimum atomic E-state index is -5.32. The van der Waals surface area contributed by atoms with Crippen molar-refractivity contribution >= 4 is 15.6 Å². The first-order valence-electron chi connectivity index (χ1n) is 3.01. The molecule has 0 N–H and O–H groups in total. The molecule has 0 aliphatic rings. The van der Waals surface area contributed by atoms with E-state index < -0.39 is 26.9 Å². The molecule has 0 amide bonds. The Kier molecular flexibility index (Phi) is 3.25. The van der Waals surface area contributed by atoms with Crippen molar-refractivity contribution in [3.05, 3.63) is 0 Å². The van der Waals surface area contributed by atoms with Crippen LogP contribution in [0.3, 0.4) is 0 Å². The second-order valence-corrected chi connectivity index (χ2v) is 4.08. The Hall–Kier alpha value is -0.590. The van der Waals surface area contributed by atoms with Crippen molar-refractivity contribution in [3.63, 3.8) is 0 Å². The van der Waals surface area contributed by atoms with Gasteiger partial charge in [-0.15, -0.1) is 0 Å². The third-order valence-corrected chi connectivity index (χ3v) is 2.51. The number of Topliss-reactive ketones (excluding diaryl/α,β-unsaturated/α-hetero) is 1. The van der Waals surface area contributed by atoms with Gasteiger partial charge in [0.1, 0.15) is 11.5 Å². The van der Waals surface area contributed by atoms with Gasteiger partial charge in [0, 0.05) is 6.42 Å². The molecule has 7 heteroatoms. The summed E-state index contributed by atoms with van der Waals surface area (Å²) in [5.74, 6) is -2.39. The monoisotopic (exact) mass is 204 g/mol. The van der Waals surface area contributed by atoms with Crippen molar-refractivity contribution in [2.75, 3.05) is 5.75 Å². The molecule has 0 fully saturated rings. The maximum atomic E-state index is 11.6. The molecule has 3 nitrogen and oxygen atoms in total. The quantitative estimate of drug-likeness (QED) is 0.686. The Morgan fingerprint density at radius 3 is 2.00 bits per heavy atom. The van der Waals surface area contributed by atoms with E-state index in [0.717, 1.165) is 0 Å². The zero-order valence-electron chi connectivity index (χ0n) is 6.18. The summed E-state index contributed by atoms with van der Waals surface area (Å²) in [6.07, 6.45) is -0.213. The number of carbonyl (C=O) groups excluding carboxylic acids is 1. The molecule has 0 unspecified atom stereocenters. The summed E-state index contributed by atoms with van der Waals surface area (Å²) in [5.41, 5.74) is -5.32. The number of carbonyl (C=O) groups is 1. The van der Waals surface area contributed by atoms with Gasteiger partial charge in [-0.2, -0.15) is 13.2 Å². The van der Waals surface area contributed by atoms with Crippen LogP contribution in [0, 0.1) is 0 Å². The maximum Gasteiger partial charge on any atom is 0.497 e. The third kappa shape index (κ3) is 2.80. The fraction of sp³-hybridized carbons (Fsp3) is 0.800. The molecule has 0 aliphatic heterocycles. The number of alkyl halides is 3. The van der Waals surface area contributed by atoms with E-state index in [1.165, 1.54) is 6.92 Å². The Balaban J connectivity index is 4.58. The summed E-state index contributed by atoms with van der Waals surface area (Å²) >= 11 is 0. The molecule has 0 rings (SSSR count). The smallest absolute Gasteiger partial charge is 0.299 e. The van der Waals surface area contributed by atoms with Gasteiger partial charge in [0.2, 0.25) is 0 Å². The van der Waals surface area contributed by atoms with E-state index >= 15 is 0 Å². The highest BCUT2D eigenvalue weighted by Gasteiger charge is 2.46. The van der Waals surface area contributed by atoms with Crippen LogP contribution in [0.2, 0.25) is 0 Å². The number of ketones is 1. The fourth-order valence-corrected chi connectivity index (χ4v) is 1.19. The summed E-state index contributed by atoms with van der Waals surface area (Å²) in [4.78, 5) is 10.4. The molecule has 0 heterocycles. The van der Waals surface area contributed by atoms with Gasteiger partial charge in [0.05, 0.1) is 0 Å². The zero-order valence-corrected chi connectivity index (χ0v) is 7.00. The molecule has 0 atom stereocenters. The lowest BCUT2D eigenvalue weighted by atomic mass is 10.4. The number of hydrogen-bond acceptors (Lipinski definition) is 3. The van der Waals surface area contributed by atoms with Crippen LogP contribution in [0.5, 0.6) is 0 Å². The fourth-order valence-electron chi connectivity index (χ4n) is 0.396. The molecule has 0 aromatic carbocycles. The third-order valence-electron chi connectivity index (χ3n) is 1.10. The van der Waals surface area contributed by atoms with E-state index in [1.807, 2.05) is 0 Å². The van der Waals surface area contributed by atoms with Crippen LogP contribution in [-0.4, -0.2) is 25.5 Å². The van der Waals surface area contributed by atoms with E-state index in [0.29, 0.717) is 0 Å². The molecule has 0 aliphatic carbocycles. The van der Waals surface area contributed by atoms with Crippen LogP contribution in [0.15, 0.2) is 0 Å². The van der Waals surface area contributed by atoms with E-state index in [1.54, 1.807) is 0 Å². The van der Waals surface area contributed by atoms with E-state index in [4.69, 9.17) is 0 Å². The lowest BCUT2D eigenvalue weighted by Crippen LogP contribution is -2.29. The zero-order chi connectivity index (χ0) is 9.99. The highest BCUT2D eigenvalue weighted by atomic mass is 32.2. The number of hydrogen-bond donors (Lipinski definition) is 0. The maximum absolute atomic E-state index is 11.6. The highest BCUT2D eigenvalue weighted by Crippen LogP contribution is 2.23. The van der Waals surface area contributed by atoms with Gasteiger partial charge < -0.3 is 0 Å². The number of rotatable bonds is 3. The first-order chi connectivity index (χ1) is 5.20. The van der Waals surface area contributed by atoms with Crippen molar-refractivity contribution in [1.82, 2.24) is 0 Å². The molecule has 0 bridgehead atoms. The van der Waals surface area contributed by atoms with Gasteiger partial charge in [0.15, 0.2) is 0 Å².